The lowest BCUT2D eigenvalue weighted by molar-refractivity contribution is -0.221. The number of aromatic amines is 1. The van der Waals surface area contributed by atoms with Gasteiger partial charge in [-0.25, -0.2) is 4.79 Å². The Balaban J connectivity index is 1.36. The number of anilines is 1. The van der Waals surface area contributed by atoms with Gasteiger partial charge in [0, 0.05) is 91.1 Å². The second kappa shape index (κ2) is 12.8. The molecule has 10 atom stereocenters. The first-order valence-electron chi connectivity index (χ1n) is 20.2. The van der Waals surface area contributed by atoms with Gasteiger partial charge in [-0.05, 0) is 67.8 Å². The molecule has 6 heterocycles. The fraction of sp³-hybridized carbons (Fsp3) is 0.591. The van der Waals surface area contributed by atoms with E-state index in [4.69, 9.17) is 18.9 Å². The summed E-state index contributed by atoms with van der Waals surface area (Å²) >= 11 is 0. The van der Waals surface area contributed by atoms with Gasteiger partial charge in [-0.2, -0.15) is 0 Å². The Bertz CT molecular complexity index is 2140. The molecule has 1 aliphatic carbocycles. The molecule has 1 aromatic heterocycles. The van der Waals surface area contributed by atoms with E-state index in [0.29, 0.717) is 50.0 Å². The van der Waals surface area contributed by atoms with Crippen molar-refractivity contribution in [3.8, 4) is 5.75 Å². The zero-order chi connectivity index (χ0) is 39.6. The fourth-order valence-electron chi connectivity index (χ4n) is 13.3. The number of piperidine rings is 1. The van der Waals surface area contributed by atoms with Crippen LogP contribution in [0.2, 0.25) is 0 Å². The number of esters is 2. The summed E-state index contributed by atoms with van der Waals surface area (Å²) in [6.07, 6.45) is 6.16. The van der Waals surface area contributed by atoms with Gasteiger partial charge in [0.05, 0.1) is 33.0 Å². The van der Waals surface area contributed by atoms with Gasteiger partial charge in [0.1, 0.15) is 17.3 Å². The average molecular weight is 769 g/mol. The second-order valence-corrected chi connectivity index (χ2v) is 17.7. The van der Waals surface area contributed by atoms with Crippen LogP contribution in [0.25, 0.3) is 10.9 Å². The van der Waals surface area contributed by atoms with Crippen LogP contribution in [0.1, 0.15) is 61.9 Å². The molecule has 2 bridgehead atoms. The van der Waals surface area contributed by atoms with E-state index in [0.717, 1.165) is 59.6 Å². The van der Waals surface area contributed by atoms with Crippen LogP contribution < -0.4 is 9.64 Å². The minimum Gasteiger partial charge on any atom is -0.496 e. The van der Waals surface area contributed by atoms with Gasteiger partial charge in [0.2, 0.25) is 5.60 Å². The Kier molecular flexibility index (Phi) is 8.59. The molecule has 9 rings (SSSR count). The van der Waals surface area contributed by atoms with Crippen molar-refractivity contribution < 1.29 is 38.7 Å². The van der Waals surface area contributed by atoms with Gasteiger partial charge in [-0.1, -0.05) is 44.2 Å². The number of hydrogen-bond acceptors (Lipinski definition) is 11. The minimum absolute atomic E-state index is 0.0630. The monoisotopic (exact) mass is 768 g/mol. The maximum Gasteiger partial charge on any atom is 0.342 e. The van der Waals surface area contributed by atoms with E-state index in [2.05, 4.69) is 52.1 Å². The summed E-state index contributed by atoms with van der Waals surface area (Å²) in [6.45, 7) is 7.64. The molecule has 3 N–H and O–H groups in total. The highest BCUT2D eigenvalue weighted by Crippen LogP contribution is 2.67. The summed E-state index contributed by atoms with van der Waals surface area (Å²) in [5, 5.41) is 26.1. The first-order chi connectivity index (χ1) is 26.8. The average Bonchev–Trinajstić information content (AvgIpc) is 3.85. The lowest BCUT2D eigenvalue weighted by Crippen LogP contribution is -2.80. The van der Waals surface area contributed by atoms with Gasteiger partial charge < -0.3 is 39.0 Å². The number of benzene rings is 2. The third-order valence-electron chi connectivity index (χ3n) is 15.1. The van der Waals surface area contributed by atoms with Gasteiger partial charge in [-0.3, -0.25) is 14.6 Å². The molecule has 56 heavy (non-hydrogen) atoms. The number of para-hydroxylation sites is 1. The van der Waals surface area contributed by atoms with Gasteiger partial charge >= 0.3 is 11.9 Å². The number of carbonyl (C=O) groups is 2. The first kappa shape index (κ1) is 37.6. The van der Waals surface area contributed by atoms with Gasteiger partial charge in [0.15, 0.2) is 0 Å². The van der Waals surface area contributed by atoms with Crippen molar-refractivity contribution in [1.82, 2.24) is 14.8 Å². The third kappa shape index (κ3) is 4.64. The predicted octanol–water partition coefficient (Wildman–Crippen LogP) is 3.68. The van der Waals surface area contributed by atoms with E-state index in [9.17, 15) is 15.0 Å². The lowest BCUT2D eigenvalue weighted by Gasteiger charge is -2.62. The summed E-state index contributed by atoms with van der Waals surface area (Å²) in [6, 6.07) is 11.4. The van der Waals surface area contributed by atoms with E-state index in [1.807, 2.05) is 37.1 Å². The Morgan fingerprint density at radius 2 is 1.75 bits per heavy atom. The van der Waals surface area contributed by atoms with Crippen molar-refractivity contribution >= 4 is 28.5 Å². The zero-order valence-electron chi connectivity index (χ0n) is 33.7. The minimum atomic E-state index is -2.06. The van der Waals surface area contributed by atoms with Crippen LogP contribution in [0, 0.1) is 11.3 Å². The molecule has 3 aromatic rings. The number of carbonyl (C=O) groups excluding carboxylic acids is 2. The number of nitrogens with one attached hydrogen (secondary N) is 1. The molecular weight excluding hydrogens is 713 g/mol. The number of hydrogen-bond donors (Lipinski definition) is 3. The highest BCUT2D eigenvalue weighted by atomic mass is 16.6. The van der Waals surface area contributed by atoms with E-state index in [1.165, 1.54) is 14.2 Å². The second-order valence-electron chi connectivity index (χ2n) is 17.7. The number of methoxy groups -OCH3 is 4. The largest absolute Gasteiger partial charge is 0.496 e. The summed E-state index contributed by atoms with van der Waals surface area (Å²) in [5.74, 6) is -0.708. The standard InChI is InChI=1S/C44H56N4O8/c1-8-41(51)22-26-23-43(38(49)55-6,34-28(14-18-47(24-26)25-41)27-12-9-10-13-31(27)45-34)30-20-29-32(21-33(30)53-4)46(3)36-42(29)16-19-48-17-11-15-40(2,35(42)48)37(54-5)44(36,52)39(50)56-7/h9-13,15,20-21,26,35-37,45,51-52H,8,14,16-19,22-25H2,1-7H3/t26?,35?,36?,37-,40-,41+,42?,43-,44+/m1/s1. The Morgan fingerprint density at radius 1 is 0.982 bits per heavy atom. The SMILES string of the molecule is CC[C@]1(O)CC2CN(CCc3c([nH]c4ccccc34)[C@](C(=O)OC)(c3cc4c(cc3OC)N(C)C3C45CCN4CC=C[C@](C)(C45)[C@@H](OC)[C@]3(O)C(=O)OC)C2)C1. The van der Waals surface area contributed by atoms with Crippen molar-refractivity contribution in [3.05, 3.63) is 70.9 Å². The Morgan fingerprint density at radius 3 is 2.46 bits per heavy atom. The number of likely N-dealkylation sites (N-methyl/N-ethyl adjacent to an activating group) is 1. The molecule has 2 saturated heterocycles. The van der Waals surface area contributed by atoms with E-state index in [1.54, 1.807) is 14.2 Å². The highest BCUT2D eigenvalue weighted by Gasteiger charge is 2.79. The van der Waals surface area contributed by atoms with Crippen LogP contribution in [0.5, 0.6) is 5.75 Å². The molecule has 5 unspecified atom stereocenters. The topological polar surface area (TPSA) is 137 Å². The van der Waals surface area contributed by atoms with Crippen molar-refractivity contribution in [2.45, 2.75) is 86.2 Å². The van der Waals surface area contributed by atoms with E-state index in [-0.39, 0.29) is 12.0 Å². The maximum absolute atomic E-state index is 15.2. The van der Waals surface area contributed by atoms with Gasteiger partial charge in [-0.15, -0.1) is 0 Å². The van der Waals surface area contributed by atoms with Gasteiger partial charge in [0.25, 0.3) is 0 Å². The van der Waals surface area contributed by atoms with Crippen LogP contribution in [-0.2, 0) is 41.1 Å². The van der Waals surface area contributed by atoms with Crippen molar-refractivity contribution in [2.75, 3.05) is 73.1 Å². The molecule has 2 aromatic carbocycles. The number of nitrogens with zero attached hydrogens (tertiary/aromatic N) is 3. The third-order valence-corrected chi connectivity index (χ3v) is 15.1. The van der Waals surface area contributed by atoms with Crippen molar-refractivity contribution in [2.24, 2.45) is 11.3 Å². The number of ether oxygens (including phenoxy) is 4. The molecule has 1 saturated carbocycles. The number of fused-ring (bicyclic) bond motifs is 6. The van der Waals surface area contributed by atoms with Crippen LogP contribution in [0.4, 0.5) is 5.69 Å². The van der Waals surface area contributed by atoms with E-state index >= 15 is 4.79 Å². The Labute approximate surface area is 328 Å². The zero-order valence-corrected chi connectivity index (χ0v) is 33.7. The molecule has 0 amide bonds. The maximum atomic E-state index is 15.2. The molecule has 12 heteroatoms. The fourth-order valence-corrected chi connectivity index (χ4v) is 13.3. The van der Waals surface area contributed by atoms with Crippen LogP contribution in [0.3, 0.4) is 0 Å². The molecular formula is C44H56N4O8. The van der Waals surface area contributed by atoms with Crippen LogP contribution in [-0.4, -0.2) is 135 Å². The number of aromatic nitrogens is 1. The number of aliphatic hydroxyl groups is 2. The molecule has 6 aliphatic rings. The molecule has 5 aliphatic heterocycles. The smallest absolute Gasteiger partial charge is 0.342 e. The number of rotatable bonds is 6. The van der Waals surface area contributed by atoms with Crippen LogP contribution >= 0.6 is 0 Å². The predicted molar refractivity (Wildman–Crippen MR) is 211 cm³/mol. The molecule has 300 valence electrons. The summed E-state index contributed by atoms with van der Waals surface area (Å²) in [7, 11) is 7.88. The normalized spacial score (nSPS) is 38.4. The Hall–Kier alpha value is -3.94. The van der Waals surface area contributed by atoms with Crippen molar-refractivity contribution in [1.29, 1.82) is 0 Å². The first-order valence-corrected chi connectivity index (χ1v) is 20.2. The van der Waals surface area contributed by atoms with E-state index < -0.39 is 51.5 Å². The molecule has 3 fully saturated rings. The van der Waals surface area contributed by atoms with Crippen LogP contribution in [0.15, 0.2) is 48.6 Å². The quantitative estimate of drug-likeness (QED) is 0.250. The summed E-state index contributed by atoms with van der Waals surface area (Å²) in [4.78, 5) is 40.0. The lowest BCUT2D eigenvalue weighted by atomic mass is 9.49. The molecule has 12 nitrogen and oxygen atoms in total. The summed E-state index contributed by atoms with van der Waals surface area (Å²) in [5.41, 5.74) is -0.706. The number of H-pyrrole nitrogens is 1. The molecule has 0 radical (unpaired) electrons. The molecule has 1 spiro atoms. The van der Waals surface area contributed by atoms with Crippen molar-refractivity contribution in [3.63, 3.8) is 0 Å². The summed E-state index contributed by atoms with van der Waals surface area (Å²) < 4.78 is 24.0. The highest BCUT2D eigenvalue weighted by molar-refractivity contribution is 5.95.